The van der Waals surface area contributed by atoms with Crippen LogP contribution in [0, 0.1) is 6.92 Å². The predicted octanol–water partition coefficient (Wildman–Crippen LogP) is 3.83. The van der Waals surface area contributed by atoms with Crippen molar-refractivity contribution in [1.29, 1.82) is 0 Å². The molecule has 0 saturated heterocycles. The Balaban J connectivity index is 1.84. The van der Waals surface area contributed by atoms with Crippen molar-refractivity contribution < 1.29 is 22.7 Å². The normalized spacial score (nSPS) is 10.9. The quantitative estimate of drug-likeness (QED) is 0.586. The number of hydrogen-bond acceptors (Lipinski definition) is 5. The Bertz CT molecular complexity index is 1190. The van der Waals surface area contributed by atoms with E-state index in [9.17, 15) is 18.0 Å². The van der Waals surface area contributed by atoms with Crippen LogP contribution in [0.3, 0.4) is 0 Å². The highest BCUT2D eigenvalue weighted by Gasteiger charge is 2.18. The second-order valence-corrected chi connectivity index (χ2v) is 8.11. The number of para-hydroxylation sites is 1. The van der Waals surface area contributed by atoms with Crippen LogP contribution in [-0.2, 0) is 14.8 Å². The summed E-state index contributed by atoms with van der Waals surface area (Å²) in [5.74, 6) is -1.01. The molecule has 3 aromatic rings. The average Bonchev–Trinajstić information content (AvgIpc) is 2.75. The van der Waals surface area contributed by atoms with Crippen molar-refractivity contribution in [2.45, 2.75) is 11.8 Å². The fourth-order valence-electron chi connectivity index (χ4n) is 2.82. The molecule has 3 rings (SSSR count). The van der Waals surface area contributed by atoms with Crippen LogP contribution in [0.25, 0.3) is 0 Å². The molecule has 0 heterocycles. The smallest absolute Gasteiger partial charge is 0.338 e. The van der Waals surface area contributed by atoms with E-state index in [0.717, 1.165) is 0 Å². The van der Waals surface area contributed by atoms with Crippen LogP contribution in [0.4, 0.5) is 11.4 Å². The van der Waals surface area contributed by atoms with Gasteiger partial charge in [-0.15, -0.1) is 0 Å². The molecule has 0 radical (unpaired) electrons. The Morgan fingerprint density at radius 2 is 1.60 bits per heavy atom. The van der Waals surface area contributed by atoms with Crippen LogP contribution >= 0.6 is 0 Å². The maximum atomic E-state index is 12.7. The van der Waals surface area contributed by atoms with Gasteiger partial charge in [0, 0.05) is 16.9 Å². The Morgan fingerprint density at radius 3 is 2.30 bits per heavy atom. The van der Waals surface area contributed by atoms with Crippen molar-refractivity contribution in [3.63, 3.8) is 0 Å². The first kappa shape index (κ1) is 21.1. The minimum absolute atomic E-state index is 0.0426. The Morgan fingerprint density at radius 1 is 0.900 bits per heavy atom. The number of sulfonamides is 1. The number of ether oxygens (including phenoxy) is 1. The zero-order valence-corrected chi connectivity index (χ0v) is 17.2. The van der Waals surface area contributed by atoms with Gasteiger partial charge >= 0.3 is 5.97 Å². The van der Waals surface area contributed by atoms with E-state index in [-0.39, 0.29) is 10.5 Å². The molecule has 2 N–H and O–H groups in total. The molecule has 0 bridgehead atoms. The molecule has 3 aromatic carbocycles. The SMILES string of the molecule is COC(=O)c1cccc(NC(=O)c2cccc(S(=O)(=O)Nc3ccccc3)c2)c1C. The molecular formula is C22H20N2O5S. The van der Waals surface area contributed by atoms with E-state index in [2.05, 4.69) is 10.0 Å². The van der Waals surface area contributed by atoms with E-state index in [1.165, 1.54) is 31.4 Å². The summed E-state index contributed by atoms with van der Waals surface area (Å²) in [4.78, 5) is 24.5. The van der Waals surface area contributed by atoms with E-state index >= 15 is 0 Å². The molecular weight excluding hydrogens is 404 g/mol. The lowest BCUT2D eigenvalue weighted by molar-refractivity contribution is 0.0599. The number of amides is 1. The van der Waals surface area contributed by atoms with Gasteiger partial charge in [-0.25, -0.2) is 13.2 Å². The zero-order chi connectivity index (χ0) is 21.7. The Labute approximate surface area is 174 Å². The number of methoxy groups -OCH3 is 1. The van der Waals surface area contributed by atoms with Crippen molar-refractivity contribution in [1.82, 2.24) is 0 Å². The van der Waals surface area contributed by atoms with Crippen molar-refractivity contribution in [2.75, 3.05) is 17.1 Å². The number of nitrogens with one attached hydrogen (secondary N) is 2. The van der Waals surface area contributed by atoms with Gasteiger partial charge in [0.1, 0.15) is 0 Å². The van der Waals surface area contributed by atoms with Crippen LogP contribution < -0.4 is 10.0 Å². The molecule has 0 fully saturated rings. The highest BCUT2D eigenvalue weighted by Crippen LogP contribution is 2.22. The summed E-state index contributed by atoms with van der Waals surface area (Å²) in [5.41, 5.74) is 1.89. The standard InChI is InChI=1S/C22H20N2O5S/c1-15-19(22(26)29-2)12-7-13-20(15)23-21(25)16-8-6-11-18(14-16)30(27,28)24-17-9-4-3-5-10-17/h3-14,24H,1-2H3,(H,23,25). The molecule has 1 amide bonds. The van der Waals surface area contributed by atoms with E-state index in [0.29, 0.717) is 22.5 Å². The number of carbonyl (C=O) groups excluding carboxylic acids is 2. The Hall–Kier alpha value is -3.65. The second-order valence-electron chi connectivity index (χ2n) is 6.42. The van der Waals surface area contributed by atoms with Crippen molar-refractivity contribution in [3.8, 4) is 0 Å². The first-order chi connectivity index (χ1) is 14.3. The topological polar surface area (TPSA) is 102 Å². The summed E-state index contributed by atoms with van der Waals surface area (Å²) < 4.78 is 32.5. The van der Waals surface area contributed by atoms with Crippen molar-refractivity contribution in [3.05, 3.63) is 89.5 Å². The third-order valence-corrected chi connectivity index (χ3v) is 5.80. The van der Waals surface area contributed by atoms with Gasteiger partial charge in [-0.2, -0.15) is 0 Å². The summed E-state index contributed by atoms with van der Waals surface area (Å²) in [6, 6.07) is 19.0. The molecule has 7 nitrogen and oxygen atoms in total. The van der Waals surface area contributed by atoms with Crippen molar-refractivity contribution in [2.24, 2.45) is 0 Å². The average molecular weight is 424 g/mol. The van der Waals surface area contributed by atoms with Gasteiger partial charge in [0.2, 0.25) is 0 Å². The molecule has 0 unspecified atom stereocenters. The van der Waals surface area contributed by atoms with Crippen LogP contribution in [0.5, 0.6) is 0 Å². The second kappa shape index (κ2) is 8.79. The molecule has 0 aliphatic carbocycles. The summed E-state index contributed by atoms with van der Waals surface area (Å²) in [7, 11) is -2.58. The maximum absolute atomic E-state index is 12.7. The lowest BCUT2D eigenvalue weighted by atomic mass is 10.1. The van der Waals surface area contributed by atoms with Crippen LogP contribution in [0.15, 0.2) is 77.7 Å². The van der Waals surface area contributed by atoms with Gasteiger partial charge < -0.3 is 10.1 Å². The molecule has 0 saturated carbocycles. The molecule has 154 valence electrons. The number of anilines is 2. The van der Waals surface area contributed by atoms with E-state index < -0.39 is 21.9 Å². The van der Waals surface area contributed by atoms with Gasteiger partial charge in [0.05, 0.1) is 17.6 Å². The summed E-state index contributed by atoms with van der Waals surface area (Å²) in [6.07, 6.45) is 0. The third kappa shape index (κ3) is 4.66. The fraction of sp³-hybridized carbons (Fsp3) is 0.0909. The summed E-state index contributed by atoms with van der Waals surface area (Å²) in [6.45, 7) is 1.69. The van der Waals surface area contributed by atoms with Crippen LogP contribution in [0.1, 0.15) is 26.3 Å². The predicted molar refractivity (Wildman–Crippen MR) is 114 cm³/mol. The van der Waals surface area contributed by atoms with Gasteiger partial charge in [0.25, 0.3) is 15.9 Å². The lowest BCUT2D eigenvalue weighted by Gasteiger charge is -2.12. The number of rotatable bonds is 6. The van der Waals surface area contributed by atoms with Crippen molar-refractivity contribution >= 4 is 33.3 Å². The minimum Gasteiger partial charge on any atom is -0.465 e. The molecule has 30 heavy (non-hydrogen) atoms. The fourth-order valence-corrected chi connectivity index (χ4v) is 3.93. The number of esters is 1. The monoisotopic (exact) mass is 424 g/mol. The first-order valence-electron chi connectivity index (χ1n) is 8.99. The molecule has 0 aliphatic rings. The highest BCUT2D eigenvalue weighted by atomic mass is 32.2. The van der Waals surface area contributed by atoms with E-state index in [4.69, 9.17) is 4.74 Å². The number of benzene rings is 3. The summed E-state index contributed by atoms with van der Waals surface area (Å²) in [5, 5.41) is 2.71. The highest BCUT2D eigenvalue weighted by molar-refractivity contribution is 7.92. The first-order valence-corrected chi connectivity index (χ1v) is 10.5. The van der Waals surface area contributed by atoms with E-state index in [1.807, 2.05) is 0 Å². The van der Waals surface area contributed by atoms with Gasteiger partial charge in [-0.1, -0.05) is 30.3 Å². The molecule has 0 aromatic heterocycles. The number of hydrogen-bond donors (Lipinski definition) is 2. The van der Waals surface area contributed by atoms with Gasteiger partial charge in [0.15, 0.2) is 0 Å². The molecule has 0 atom stereocenters. The van der Waals surface area contributed by atoms with Gasteiger partial charge in [-0.3, -0.25) is 9.52 Å². The summed E-state index contributed by atoms with van der Waals surface area (Å²) >= 11 is 0. The molecule has 0 spiro atoms. The zero-order valence-electron chi connectivity index (χ0n) is 16.4. The molecule has 8 heteroatoms. The van der Waals surface area contributed by atoms with Crippen LogP contribution in [0.2, 0.25) is 0 Å². The number of carbonyl (C=O) groups is 2. The van der Waals surface area contributed by atoms with E-state index in [1.54, 1.807) is 55.5 Å². The minimum atomic E-state index is -3.86. The van der Waals surface area contributed by atoms with Gasteiger partial charge in [-0.05, 0) is 55.0 Å². The molecule has 0 aliphatic heterocycles. The third-order valence-electron chi connectivity index (χ3n) is 4.42. The maximum Gasteiger partial charge on any atom is 0.338 e. The Kier molecular flexibility index (Phi) is 6.17. The van der Waals surface area contributed by atoms with Crippen LogP contribution in [-0.4, -0.2) is 27.4 Å². The largest absolute Gasteiger partial charge is 0.465 e. The lowest BCUT2D eigenvalue weighted by Crippen LogP contribution is -2.17.